The molecule has 1 aliphatic carbocycles. The van der Waals surface area contributed by atoms with E-state index in [2.05, 4.69) is 6.58 Å². The lowest BCUT2D eigenvalue weighted by atomic mass is 9.91. The highest BCUT2D eigenvalue weighted by atomic mass is 16.3. The van der Waals surface area contributed by atoms with Crippen molar-refractivity contribution in [3.63, 3.8) is 0 Å². The predicted molar refractivity (Wildman–Crippen MR) is 46.3 cm³/mol. The van der Waals surface area contributed by atoms with Crippen molar-refractivity contribution in [3.05, 3.63) is 36.1 Å². The lowest BCUT2D eigenvalue weighted by molar-refractivity contribution is -0.118. The average molecular weight is 165 g/mol. The number of aliphatic hydroxyl groups excluding tert-OH is 1. The van der Waals surface area contributed by atoms with Gasteiger partial charge in [-0.2, -0.15) is 0 Å². The number of amides is 1. The highest BCUT2D eigenvalue weighted by Gasteiger charge is 2.17. The summed E-state index contributed by atoms with van der Waals surface area (Å²) in [5, 5.41) is 9.22. The van der Waals surface area contributed by atoms with Gasteiger partial charge in [-0.05, 0) is 11.6 Å². The number of hydrogen-bond acceptors (Lipinski definition) is 2. The molecule has 0 radical (unpaired) electrons. The smallest absolute Gasteiger partial charge is 0.218 e. The molecule has 0 spiro atoms. The maximum absolute atomic E-state index is 10.6. The van der Waals surface area contributed by atoms with Crippen LogP contribution in [0.15, 0.2) is 36.1 Å². The zero-order valence-electron chi connectivity index (χ0n) is 6.66. The van der Waals surface area contributed by atoms with Crippen molar-refractivity contribution in [2.45, 2.75) is 6.42 Å². The van der Waals surface area contributed by atoms with E-state index in [4.69, 9.17) is 5.73 Å². The SMILES string of the molecule is C=C1C(O)=CC=CC1CC(N)=O. The molecule has 1 aliphatic rings. The van der Waals surface area contributed by atoms with Crippen LogP contribution in [0.4, 0.5) is 0 Å². The number of aliphatic hydroxyl groups is 1. The minimum absolute atomic E-state index is 0.128. The summed E-state index contributed by atoms with van der Waals surface area (Å²) >= 11 is 0. The fraction of sp³-hybridized carbons (Fsp3) is 0.222. The summed E-state index contributed by atoms with van der Waals surface area (Å²) in [5.74, 6) is -0.406. The van der Waals surface area contributed by atoms with E-state index >= 15 is 0 Å². The quantitative estimate of drug-likeness (QED) is 0.642. The summed E-state index contributed by atoms with van der Waals surface area (Å²) < 4.78 is 0. The number of nitrogens with two attached hydrogens (primary N) is 1. The van der Waals surface area contributed by atoms with Crippen LogP contribution in [0.25, 0.3) is 0 Å². The summed E-state index contributed by atoms with van der Waals surface area (Å²) in [7, 11) is 0. The van der Waals surface area contributed by atoms with Gasteiger partial charge in [0.2, 0.25) is 5.91 Å². The summed E-state index contributed by atoms with van der Waals surface area (Å²) in [5.41, 5.74) is 5.57. The molecule has 1 atom stereocenters. The molecule has 0 aromatic carbocycles. The van der Waals surface area contributed by atoms with Gasteiger partial charge in [0.1, 0.15) is 5.76 Å². The summed E-state index contributed by atoms with van der Waals surface area (Å²) in [6.07, 6.45) is 5.23. The molecule has 64 valence electrons. The van der Waals surface area contributed by atoms with Crippen LogP contribution in [0, 0.1) is 5.92 Å². The molecule has 0 fully saturated rings. The Kier molecular flexibility index (Phi) is 2.33. The molecular formula is C9H11NO2. The van der Waals surface area contributed by atoms with Gasteiger partial charge in [0.25, 0.3) is 0 Å². The standard InChI is InChI=1S/C9H11NO2/c1-6-7(5-9(10)12)3-2-4-8(6)11/h2-4,7,11H,1,5H2,(H2,10,12). The van der Waals surface area contributed by atoms with Crippen LogP contribution in [0.5, 0.6) is 0 Å². The van der Waals surface area contributed by atoms with Gasteiger partial charge in [-0.15, -0.1) is 0 Å². The van der Waals surface area contributed by atoms with Gasteiger partial charge >= 0.3 is 0 Å². The second-order valence-corrected chi connectivity index (χ2v) is 2.74. The first-order valence-corrected chi connectivity index (χ1v) is 3.66. The second-order valence-electron chi connectivity index (χ2n) is 2.74. The fourth-order valence-corrected chi connectivity index (χ4v) is 1.10. The van der Waals surface area contributed by atoms with Gasteiger partial charge in [0, 0.05) is 12.3 Å². The normalized spacial score (nSPS) is 22.2. The third kappa shape index (κ3) is 1.75. The molecule has 0 aromatic heterocycles. The van der Waals surface area contributed by atoms with E-state index in [1.807, 2.05) is 0 Å². The molecule has 0 heterocycles. The molecular weight excluding hydrogens is 154 g/mol. The van der Waals surface area contributed by atoms with Crippen molar-refractivity contribution in [3.8, 4) is 0 Å². The molecule has 12 heavy (non-hydrogen) atoms. The Morgan fingerprint density at radius 1 is 1.75 bits per heavy atom. The zero-order valence-corrected chi connectivity index (χ0v) is 6.66. The zero-order chi connectivity index (χ0) is 9.14. The predicted octanol–water partition coefficient (Wildman–Crippen LogP) is 1.05. The monoisotopic (exact) mass is 165 g/mol. The number of allylic oxidation sites excluding steroid dienone is 4. The molecule has 0 aromatic rings. The van der Waals surface area contributed by atoms with Crippen LogP contribution in [0.3, 0.4) is 0 Å². The number of carbonyl (C=O) groups excluding carboxylic acids is 1. The van der Waals surface area contributed by atoms with Crippen LogP contribution in [0.2, 0.25) is 0 Å². The molecule has 1 rings (SSSR count). The number of primary amides is 1. The summed E-state index contributed by atoms with van der Waals surface area (Å²) in [4.78, 5) is 10.6. The van der Waals surface area contributed by atoms with Crippen molar-refractivity contribution in [2.24, 2.45) is 11.7 Å². The number of carbonyl (C=O) groups is 1. The second kappa shape index (κ2) is 3.26. The Balaban J connectivity index is 2.70. The van der Waals surface area contributed by atoms with Crippen molar-refractivity contribution >= 4 is 5.91 Å². The van der Waals surface area contributed by atoms with Crippen LogP contribution in [-0.4, -0.2) is 11.0 Å². The van der Waals surface area contributed by atoms with Gasteiger partial charge < -0.3 is 10.8 Å². The highest BCUT2D eigenvalue weighted by molar-refractivity contribution is 5.75. The van der Waals surface area contributed by atoms with E-state index in [-0.39, 0.29) is 24.0 Å². The first-order valence-electron chi connectivity index (χ1n) is 3.66. The largest absolute Gasteiger partial charge is 0.508 e. The van der Waals surface area contributed by atoms with E-state index in [0.29, 0.717) is 5.57 Å². The minimum Gasteiger partial charge on any atom is -0.508 e. The fourth-order valence-electron chi connectivity index (χ4n) is 1.10. The molecule has 0 saturated carbocycles. The summed E-state index contributed by atoms with van der Waals surface area (Å²) in [6.45, 7) is 3.65. The Bertz CT molecular complexity index is 276. The van der Waals surface area contributed by atoms with E-state index in [1.54, 1.807) is 18.2 Å². The van der Waals surface area contributed by atoms with Crippen LogP contribution >= 0.6 is 0 Å². The van der Waals surface area contributed by atoms with Crippen LogP contribution in [-0.2, 0) is 4.79 Å². The lowest BCUT2D eigenvalue weighted by Gasteiger charge is -2.16. The van der Waals surface area contributed by atoms with E-state index < -0.39 is 0 Å². The average Bonchev–Trinajstić information content (AvgIpc) is 1.98. The highest BCUT2D eigenvalue weighted by Crippen LogP contribution is 2.24. The first kappa shape index (κ1) is 8.59. The van der Waals surface area contributed by atoms with Gasteiger partial charge in [0.05, 0.1) is 0 Å². The Morgan fingerprint density at radius 3 is 3.00 bits per heavy atom. The van der Waals surface area contributed by atoms with Gasteiger partial charge in [-0.3, -0.25) is 4.79 Å². The Labute approximate surface area is 70.9 Å². The Morgan fingerprint density at radius 2 is 2.42 bits per heavy atom. The molecule has 3 heteroatoms. The summed E-state index contributed by atoms with van der Waals surface area (Å²) in [6, 6.07) is 0. The van der Waals surface area contributed by atoms with Gasteiger partial charge in [-0.1, -0.05) is 18.7 Å². The van der Waals surface area contributed by atoms with E-state index in [9.17, 15) is 9.90 Å². The first-order chi connectivity index (χ1) is 5.61. The van der Waals surface area contributed by atoms with Gasteiger partial charge in [0.15, 0.2) is 0 Å². The van der Waals surface area contributed by atoms with Crippen molar-refractivity contribution in [1.82, 2.24) is 0 Å². The molecule has 1 unspecified atom stereocenters. The minimum atomic E-state index is -0.388. The van der Waals surface area contributed by atoms with Crippen molar-refractivity contribution in [2.75, 3.05) is 0 Å². The van der Waals surface area contributed by atoms with Crippen LogP contribution < -0.4 is 5.73 Å². The Hall–Kier alpha value is -1.51. The number of rotatable bonds is 2. The van der Waals surface area contributed by atoms with Crippen molar-refractivity contribution in [1.29, 1.82) is 0 Å². The molecule has 0 bridgehead atoms. The lowest BCUT2D eigenvalue weighted by Crippen LogP contribution is -2.17. The maximum Gasteiger partial charge on any atom is 0.218 e. The van der Waals surface area contributed by atoms with Crippen LogP contribution in [0.1, 0.15) is 6.42 Å². The topological polar surface area (TPSA) is 63.3 Å². The molecule has 0 saturated heterocycles. The molecule has 1 amide bonds. The maximum atomic E-state index is 10.6. The number of hydrogen-bond donors (Lipinski definition) is 2. The third-order valence-electron chi connectivity index (χ3n) is 1.80. The molecule has 3 N–H and O–H groups in total. The molecule has 3 nitrogen and oxygen atoms in total. The van der Waals surface area contributed by atoms with E-state index in [0.717, 1.165) is 0 Å². The van der Waals surface area contributed by atoms with E-state index in [1.165, 1.54) is 0 Å². The van der Waals surface area contributed by atoms with Crippen molar-refractivity contribution < 1.29 is 9.90 Å². The van der Waals surface area contributed by atoms with Gasteiger partial charge in [-0.25, -0.2) is 0 Å². The molecule has 0 aliphatic heterocycles. The third-order valence-corrected chi connectivity index (χ3v) is 1.80.